The molecule has 1 aromatic carbocycles. The smallest absolute Gasteiger partial charge is 0.407 e. The number of hydrogen-bond donors (Lipinski definition) is 1. The van der Waals surface area contributed by atoms with E-state index in [2.05, 4.69) is 26.0 Å². The Kier molecular flexibility index (Phi) is 8.90. The van der Waals surface area contributed by atoms with E-state index in [4.69, 9.17) is 14.2 Å². The van der Waals surface area contributed by atoms with Crippen LogP contribution in [0, 0.1) is 11.8 Å². The first-order chi connectivity index (χ1) is 13.5. The molecule has 0 radical (unpaired) electrons. The van der Waals surface area contributed by atoms with E-state index < -0.39 is 6.09 Å². The van der Waals surface area contributed by atoms with Gasteiger partial charge in [-0.1, -0.05) is 19.9 Å². The first-order valence-corrected chi connectivity index (χ1v) is 10.2. The summed E-state index contributed by atoms with van der Waals surface area (Å²) in [6, 6.07) is 6.23. The minimum Gasteiger partial charge on any atom is -0.493 e. The Labute approximate surface area is 168 Å². The van der Waals surface area contributed by atoms with Crippen molar-refractivity contribution in [2.75, 3.05) is 34.0 Å². The van der Waals surface area contributed by atoms with Gasteiger partial charge in [0.2, 0.25) is 0 Å². The maximum absolute atomic E-state index is 11.5. The van der Waals surface area contributed by atoms with Crippen LogP contribution in [0.2, 0.25) is 0 Å². The maximum Gasteiger partial charge on any atom is 0.407 e. The molecule has 0 bridgehead atoms. The van der Waals surface area contributed by atoms with Gasteiger partial charge in [-0.2, -0.15) is 0 Å². The fourth-order valence-electron chi connectivity index (χ4n) is 3.92. The van der Waals surface area contributed by atoms with Crippen molar-refractivity contribution in [3.8, 4) is 11.5 Å². The van der Waals surface area contributed by atoms with E-state index >= 15 is 0 Å². The Balaban J connectivity index is 2.06. The molecule has 1 aliphatic rings. The lowest BCUT2D eigenvalue weighted by Crippen LogP contribution is -2.36. The molecule has 28 heavy (non-hydrogen) atoms. The molecule has 0 spiro atoms. The van der Waals surface area contributed by atoms with Gasteiger partial charge in [-0.3, -0.25) is 0 Å². The fraction of sp³-hybridized carbons (Fsp3) is 0.682. The van der Waals surface area contributed by atoms with Crippen molar-refractivity contribution in [3.63, 3.8) is 0 Å². The normalized spacial score (nSPS) is 17.8. The SMILES string of the molecule is COCCCOc1cc(C[C@H](CC2CCCN2C(=O)O)C(C)C)ccc1OC. The summed E-state index contributed by atoms with van der Waals surface area (Å²) in [4.78, 5) is 13.1. The van der Waals surface area contributed by atoms with Crippen LogP contribution in [0.1, 0.15) is 45.1 Å². The van der Waals surface area contributed by atoms with E-state index in [-0.39, 0.29) is 6.04 Å². The summed E-state index contributed by atoms with van der Waals surface area (Å²) in [5, 5.41) is 9.43. The van der Waals surface area contributed by atoms with Crippen molar-refractivity contribution in [1.29, 1.82) is 0 Å². The third kappa shape index (κ3) is 6.30. The molecular weight excluding hydrogens is 358 g/mol. The number of methoxy groups -OCH3 is 2. The van der Waals surface area contributed by atoms with Gasteiger partial charge in [-0.05, 0) is 55.2 Å². The van der Waals surface area contributed by atoms with E-state index in [0.29, 0.717) is 31.6 Å². The molecule has 2 atom stereocenters. The average Bonchev–Trinajstić information content (AvgIpc) is 3.13. The molecule has 1 saturated heterocycles. The molecule has 0 aromatic heterocycles. The topological polar surface area (TPSA) is 68.2 Å². The molecule has 6 nitrogen and oxygen atoms in total. The first kappa shape index (κ1) is 22.3. The highest BCUT2D eigenvalue weighted by molar-refractivity contribution is 5.65. The molecule has 158 valence electrons. The third-order valence-corrected chi connectivity index (χ3v) is 5.62. The number of rotatable bonds is 11. The second kappa shape index (κ2) is 11.1. The largest absolute Gasteiger partial charge is 0.493 e. The summed E-state index contributed by atoms with van der Waals surface area (Å²) in [6.45, 7) is 6.34. The van der Waals surface area contributed by atoms with Gasteiger partial charge in [-0.15, -0.1) is 0 Å². The quantitative estimate of drug-likeness (QED) is 0.562. The van der Waals surface area contributed by atoms with Crippen LogP contribution in [-0.2, 0) is 11.2 Å². The molecule has 1 heterocycles. The van der Waals surface area contributed by atoms with Crippen molar-refractivity contribution >= 4 is 6.09 Å². The third-order valence-electron chi connectivity index (χ3n) is 5.62. The van der Waals surface area contributed by atoms with E-state index in [1.807, 2.05) is 6.07 Å². The van der Waals surface area contributed by atoms with E-state index in [9.17, 15) is 9.90 Å². The van der Waals surface area contributed by atoms with Crippen molar-refractivity contribution in [2.45, 2.75) is 52.0 Å². The molecule has 2 rings (SSSR count). The molecule has 1 amide bonds. The predicted octanol–water partition coefficient (Wildman–Crippen LogP) is 4.46. The molecule has 6 heteroatoms. The van der Waals surface area contributed by atoms with Gasteiger partial charge in [0.05, 0.1) is 13.7 Å². The van der Waals surface area contributed by atoms with Crippen molar-refractivity contribution in [1.82, 2.24) is 4.90 Å². The fourth-order valence-corrected chi connectivity index (χ4v) is 3.92. The monoisotopic (exact) mass is 393 g/mol. The second-order valence-corrected chi connectivity index (χ2v) is 7.90. The van der Waals surface area contributed by atoms with Crippen molar-refractivity contribution < 1.29 is 24.1 Å². The van der Waals surface area contributed by atoms with Crippen molar-refractivity contribution in [3.05, 3.63) is 23.8 Å². The zero-order valence-corrected chi connectivity index (χ0v) is 17.6. The zero-order chi connectivity index (χ0) is 20.5. The Bertz CT molecular complexity index is 619. The molecule has 0 saturated carbocycles. The highest BCUT2D eigenvalue weighted by atomic mass is 16.5. The highest BCUT2D eigenvalue weighted by Crippen LogP contribution is 2.33. The van der Waals surface area contributed by atoms with Crippen LogP contribution in [0.25, 0.3) is 0 Å². The van der Waals surface area contributed by atoms with Crippen LogP contribution < -0.4 is 9.47 Å². The van der Waals surface area contributed by atoms with Crippen LogP contribution in [0.3, 0.4) is 0 Å². The predicted molar refractivity (Wildman–Crippen MR) is 109 cm³/mol. The zero-order valence-electron chi connectivity index (χ0n) is 17.6. The summed E-state index contributed by atoms with van der Waals surface area (Å²) in [5.74, 6) is 2.38. The van der Waals surface area contributed by atoms with Crippen molar-refractivity contribution in [2.24, 2.45) is 11.8 Å². The van der Waals surface area contributed by atoms with E-state index in [1.54, 1.807) is 19.1 Å². The molecule has 1 unspecified atom stereocenters. The number of nitrogens with zero attached hydrogens (tertiary/aromatic N) is 1. The maximum atomic E-state index is 11.5. The number of benzene rings is 1. The lowest BCUT2D eigenvalue weighted by molar-refractivity contribution is 0.130. The van der Waals surface area contributed by atoms with Gasteiger partial charge in [0.15, 0.2) is 11.5 Å². The minimum atomic E-state index is -0.791. The standard InChI is InChI=1S/C22H35NO5/c1-16(2)18(15-19-7-5-10-23(19)22(24)25)13-17-8-9-20(27-4)21(14-17)28-12-6-11-26-3/h8-9,14,16,18-19H,5-7,10-13,15H2,1-4H3,(H,24,25)/t18-,19?/m1/s1. The first-order valence-electron chi connectivity index (χ1n) is 10.2. The number of likely N-dealkylation sites (tertiary alicyclic amines) is 1. The van der Waals surface area contributed by atoms with Crippen LogP contribution >= 0.6 is 0 Å². The highest BCUT2D eigenvalue weighted by Gasteiger charge is 2.31. The minimum absolute atomic E-state index is 0.132. The summed E-state index contributed by atoms with van der Waals surface area (Å²) in [5.41, 5.74) is 1.20. The number of carbonyl (C=O) groups is 1. The Hall–Kier alpha value is -1.95. The van der Waals surface area contributed by atoms with Gasteiger partial charge < -0.3 is 24.2 Å². The molecule has 1 N–H and O–H groups in total. The lowest BCUT2D eigenvalue weighted by atomic mass is 9.83. The Morgan fingerprint density at radius 2 is 2.04 bits per heavy atom. The van der Waals surface area contributed by atoms with Crippen LogP contribution in [0.5, 0.6) is 11.5 Å². The van der Waals surface area contributed by atoms with Crippen LogP contribution in [-0.4, -0.2) is 56.1 Å². The van der Waals surface area contributed by atoms with E-state index in [1.165, 1.54) is 5.56 Å². The van der Waals surface area contributed by atoms with Gasteiger partial charge in [0.25, 0.3) is 0 Å². The Morgan fingerprint density at radius 1 is 1.25 bits per heavy atom. The number of carboxylic acid groups (broad SMARTS) is 1. The second-order valence-electron chi connectivity index (χ2n) is 7.90. The number of hydrogen-bond acceptors (Lipinski definition) is 4. The molecule has 1 fully saturated rings. The summed E-state index contributed by atoms with van der Waals surface area (Å²) in [7, 11) is 3.33. The average molecular weight is 394 g/mol. The van der Waals surface area contributed by atoms with Gasteiger partial charge in [-0.25, -0.2) is 4.79 Å². The van der Waals surface area contributed by atoms with E-state index in [0.717, 1.165) is 43.6 Å². The summed E-state index contributed by atoms with van der Waals surface area (Å²) in [6.07, 6.45) is 3.77. The lowest BCUT2D eigenvalue weighted by Gasteiger charge is -2.29. The summed E-state index contributed by atoms with van der Waals surface area (Å²) >= 11 is 0. The Morgan fingerprint density at radius 3 is 2.68 bits per heavy atom. The van der Waals surface area contributed by atoms with Gasteiger partial charge in [0.1, 0.15) is 0 Å². The number of amides is 1. The molecule has 1 aromatic rings. The number of ether oxygens (including phenoxy) is 3. The van der Waals surface area contributed by atoms with Gasteiger partial charge >= 0.3 is 6.09 Å². The molecule has 1 aliphatic heterocycles. The van der Waals surface area contributed by atoms with Crippen LogP contribution in [0.15, 0.2) is 18.2 Å². The van der Waals surface area contributed by atoms with Crippen LogP contribution in [0.4, 0.5) is 4.79 Å². The molecule has 0 aliphatic carbocycles. The molecular formula is C22H35NO5. The summed E-state index contributed by atoms with van der Waals surface area (Å²) < 4.78 is 16.4. The van der Waals surface area contributed by atoms with Gasteiger partial charge in [0, 0.05) is 32.7 Å².